The highest BCUT2D eigenvalue weighted by Crippen LogP contribution is 2.13. The van der Waals surface area contributed by atoms with E-state index in [9.17, 15) is 14.7 Å². The number of ether oxygens (including phenoxy) is 3. The Morgan fingerprint density at radius 2 is 1.79 bits per heavy atom. The van der Waals surface area contributed by atoms with Crippen LogP contribution in [0.3, 0.4) is 0 Å². The third-order valence-electron chi connectivity index (χ3n) is 3.32. The summed E-state index contributed by atoms with van der Waals surface area (Å²) in [6.45, 7) is 5.54. The summed E-state index contributed by atoms with van der Waals surface area (Å²) in [5, 5.41) is 12.5. The second-order valence-corrected chi connectivity index (χ2v) is 5.14. The minimum Gasteiger partial charge on any atom is -0.464 e. The molecule has 1 unspecified atom stereocenters. The molecule has 7 heteroatoms. The van der Waals surface area contributed by atoms with Crippen LogP contribution in [-0.4, -0.2) is 42.7 Å². The van der Waals surface area contributed by atoms with Gasteiger partial charge in [0.2, 0.25) is 0 Å². The number of amides is 1. The first-order chi connectivity index (χ1) is 11.5. The zero-order chi connectivity index (χ0) is 17.9. The predicted octanol–water partition coefficient (Wildman–Crippen LogP) is 1.84. The number of carbonyl (C=O) groups is 2. The van der Waals surface area contributed by atoms with Crippen molar-refractivity contribution in [3.63, 3.8) is 0 Å². The molecule has 0 aliphatic carbocycles. The molecule has 1 amide bonds. The number of aliphatic hydroxyl groups excluding tert-OH is 1. The van der Waals surface area contributed by atoms with Crippen molar-refractivity contribution in [2.75, 3.05) is 13.2 Å². The summed E-state index contributed by atoms with van der Waals surface area (Å²) in [7, 11) is 0. The second-order valence-electron chi connectivity index (χ2n) is 5.14. The molecule has 24 heavy (non-hydrogen) atoms. The van der Waals surface area contributed by atoms with Crippen LogP contribution in [0.2, 0.25) is 0 Å². The lowest BCUT2D eigenvalue weighted by Crippen LogP contribution is -2.47. The van der Waals surface area contributed by atoms with Gasteiger partial charge in [-0.2, -0.15) is 0 Å². The maximum Gasteiger partial charge on any atom is 0.409 e. The van der Waals surface area contributed by atoms with E-state index >= 15 is 0 Å². The predicted molar refractivity (Wildman–Crippen MR) is 87.0 cm³/mol. The van der Waals surface area contributed by atoms with Crippen LogP contribution in [0, 0.1) is 5.92 Å². The van der Waals surface area contributed by atoms with Gasteiger partial charge < -0.3 is 19.3 Å². The fourth-order valence-electron chi connectivity index (χ4n) is 1.99. The monoisotopic (exact) mass is 339 g/mol. The molecule has 7 nitrogen and oxygen atoms in total. The van der Waals surface area contributed by atoms with Gasteiger partial charge in [0.1, 0.15) is 12.8 Å². The SMILES string of the molecule is CCOC(=O)[C@@H](O)[C@@H](C)C(NC(=O)OCc1ccccc1)OCC. The zero-order valence-electron chi connectivity index (χ0n) is 14.2. The number of hydrogen-bond acceptors (Lipinski definition) is 6. The van der Waals surface area contributed by atoms with E-state index in [-0.39, 0.29) is 13.2 Å². The average molecular weight is 339 g/mol. The van der Waals surface area contributed by atoms with Crippen molar-refractivity contribution in [2.24, 2.45) is 5.92 Å². The first kappa shape index (κ1) is 19.9. The van der Waals surface area contributed by atoms with E-state index in [0.717, 1.165) is 5.56 Å². The van der Waals surface area contributed by atoms with Crippen LogP contribution in [0.1, 0.15) is 26.3 Å². The second kappa shape index (κ2) is 10.6. The third-order valence-corrected chi connectivity index (χ3v) is 3.32. The lowest BCUT2D eigenvalue weighted by molar-refractivity contribution is -0.160. The van der Waals surface area contributed by atoms with Gasteiger partial charge in [0.25, 0.3) is 0 Å². The molecule has 0 fully saturated rings. The highest BCUT2D eigenvalue weighted by atomic mass is 16.6. The quantitative estimate of drug-likeness (QED) is 0.527. The molecule has 1 rings (SSSR count). The van der Waals surface area contributed by atoms with Crippen molar-refractivity contribution in [2.45, 2.75) is 39.7 Å². The van der Waals surface area contributed by atoms with Crippen molar-refractivity contribution in [1.29, 1.82) is 0 Å². The molecule has 2 N–H and O–H groups in total. The Balaban J connectivity index is 2.57. The Morgan fingerprint density at radius 1 is 1.12 bits per heavy atom. The summed E-state index contributed by atoms with van der Waals surface area (Å²) in [4.78, 5) is 23.5. The van der Waals surface area contributed by atoms with Crippen molar-refractivity contribution in [1.82, 2.24) is 5.32 Å². The van der Waals surface area contributed by atoms with Gasteiger partial charge in [0.05, 0.1) is 6.61 Å². The zero-order valence-corrected chi connectivity index (χ0v) is 14.2. The van der Waals surface area contributed by atoms with Gasteiger partial charge >= 0.3 is 12.1 Å². The molecule has 0 saturated carbocycles. The summed E-state index contributed by atoms with van der Waals surface area (Å²) in [6.07, 6.45) is -2.98. The van der Waals surface area contributed by atoms with Crippen LogP contribution in [0.25, 0.3) is 0 Å². The number of benzene rings is 1. The summed E-state index contributed by atoms with van der Waals surface area (Å²) in [5.74, 6) is -1.46. The van der Waals surface area contributed by atoms with Gasteiger partial charge in [-0.15, -0.1) is 0 Å². The van der Waals surface area contributed by atoms with Crippen LogP contribution in [0.15, 0.2) is 30.3 Å². The largest absolute Gasteiger partial charge is 0.464 e. The van der Waals surface area contributed by atoms with Gasteiger partial charge in [0.15, 0.2) is 6.10 Å². The minimum absolute atomic E-state index is 0.111. The molecule has 1 aromatic carbocycles. The maximum atomic E-state index is 11.9. The number of carbonyl (C=O) groups excluding carboxylic acids is 2. The summed E-state index contributed by atoms with van der Waals surface area (Å²) < 4.78 is 15.3. The molecular formula is C17H25NO6. The van der Waals surface area contributed by atoms with Gasteiger partial charge in [-0.05, 0) is 19.4 Å². The molecule has 1 aromatic rings. The first-order valence-electron chi connectivity index (χ1n) is 7.93. The molecular weight excluding hydrogens is 314 g/mol. The fourth-order valence-corrected chi connectivity index (χ4v) is 1.99. The Kier molecular flexibility index (Phi) is 8.81. The Bertz CT molecular complexity index is 507. The lowest BCUT2D eigenvalue weighted by atomic mass is 10.0. The number of hydrogen-bond donors (Lipinski definition) is 2. The van der Waals surface area contributed by atoms with Crippen molar-refractivity contribution < 1.29 is 28.9 Å². The van der Waals surface area contributed by atoms with E-state index in [2.05, 4.69) is 5.32 Å². The minimum atomic E-state index is -1.41. The van der Waals surface area contributed by atoms with Crippen LogP contribution in [0.5, 0.6) is 0 Å². The van der Waals surface area contributed by atoms with Gasteiger partial charge in [0, 0.05) is 12.5 Å². The van der Waals surface area contributed by atoms with Crippen molar-refractivity contribution in [3.8, 4) is 0 Å². The molecule has 0 heterocycles. The molecule has 0 bridgehead atoms. The molecule has 3 atom stereocenters. The van der Waals surface area contributed by atoms with Gasteiger partial charge in [-0.25, -0.2) is 9.59 Å². The van der Waals surface area contributed by atoms with E-state index in [1.54, 1.807) is 20.8 Å². The Morgan fingerprint density at radius 3 is 2.38 bits per heavy atom. The van der Waals surface area contributed by atoms with Crippen LogP contribution in [-0.2, 0) is 25.6 Å². The van der Waals surface area contributed by atoms with E-state index in [4.69, 9.17) is 14.2 Å². The van der Waals surface area contributed by atoms with Crippen molar-refractivity contribution in [3.05, 3.63) is 35.9 Å². The lowest BCUT2D eigenvalue weighted by Gasteiger charge is -2.27. The van der Waals surface area contributed by atoms with Gasteiger partial charge in [-0.1, -0.05) is 37.3 Å². The molecule has 134 valence electrons. The standard InChI is InChI=1S/C17H25NO6/c1-4-22-15(12(3)14(19)16(20)23-5-2)18-17(21)24-11-13-9-7-6-8-10-13/h6-10,12,14-15,19H,4-5,11H2,1-3H3,(H,18,21)/t12-,14+,15?/m1/s1. The summed E-state index contributed by atoms with van der Waals surface area (Å²) in [6, 6.07) is 9.22. The highest BCUT2D eigenvalue weighted by molar-refractivity contribution is 5.75. The molecule has 0 aliphatic rings. The molecule has 0 radical (unpaired) electrons. The molecule has 0 saturated heterocycles. The third kappa shape index (κ3) is 6.55. The average Bonchev–Trinajstić information content (AvgIpc) is 2.59. The number of nitrogens with one attached hydrogen (secondary N) is 1. The maximum absolute atomic E-state index is 11.9. The highest BCUT2D eigenvalue weighted by Gasteiger charge is 2.32. The van der Waals surface area contributed by atoms with Crippen LogP contribution < -0.4 is 5.32 Å². The number of esters is 1. The van der Waals surface area contributed by atoms with Gasteiger partial charge in [-0.3, -0.25) is 5.32 Å². The first-order valence-corrected chi connectivity index (χ1v) is 7.93. The topological polar surface area (TPSA) is 94.1 Å². The Labute approximate surface area is 141 Å². The van der Waals surface area contributed by atoms with Crippen LogP contribution in [0.4, 0.5) is 4.79 Å². The van der Waals surface area contributed by atoms with Crippen molar-refractivity contribution >= 4 is 12.1 Å². The molecule has 0 aromatic heterocycles. The molecule has 0 aliphatic heterocycles. The number of aliphatic hydroxyl groups is 1. The summed E-state index contributed by atoms with van der Waals surface area (Å²) >= 11 is 0. The van der Waals surface area contributed by atoms with E-state index < -0.39 is 30.3 Å². The van der Waals surface area contributed by atoms with E-state index in [1.807, 2.05) is 30.3 Å². The normalized spacial score (nSPS) is 14.3. The summed E-state index contributed by atoms with van der Waals surface area (Å²) in [5.41, 5.74) is 0.847. The molecule has 0 spiro atoms. The van der Waals surface area contributed by atoms with Crippen LogP contribution >= 0.6 is 0 Å². The Hall–Kier alpha value is -2.12. The fraction of sp³-hybridized carbons (Fsp3) is 0.529. The van der Waals surface area contributed by atoms with E-state index in [1.165, 1.54) is 0 Å². The number of rotatable bonds is 9. The van der Waals surface area contributed by atoms with E-state index in [0.29, 0.717) is 6.61 Å². The smallest absolute Gasteiger partial charge is 0.409 e. The number of alkyl carbamates (subject to hydrolysis) is 1.